The van der Waals surface area contributed by atoms with Crippen molar-refractivity contribution < 1.29 is 14.3 Å². The van der Waals surface area contributed by atoms with E-state index in [4.69, 9.17) is 9.47 Å². The van der Waals surface area contributed by atoms with Gasteiger partial charge in [0.1, 0.15) is 0 Å². The van der Waals surface area contributed by atoms with Gasteiger partial charge in [0.15, 0.2) is 5.60 Å². The summed E-state index contributed by atoms with van der Waals surface area (Å²) in [6, 6.07) is 10.2. The Morgan fingerprint density at radius 3 is 2.76 bits per heavy atom. The molecule has 17 heavy (non-hydrogen) atoms. The molecule has 1 aliphatic rings. The molecule has 2 rings (SSSR count). The molecule has 1 aromatic rings. The molecule has 2 atom stereocenters. The summed E-state index contributed by atoms with van der Waals surface area (Å²) in [5, 5.41) is 0. The van der Waals surface area contributed by atoms with E-state index in [2.05, 4.69) is 12.1 Å². The van der Waals surface area contributed by atoms with Crippen LogP contribution >= 0.6 is 0 Å². The number of benzene rings is 1. The number of rotatable bonds is 5. The molecule has 3 nitrogen and oxygen atoms in total. The molecular weight excluding hydrogens is 216 g/mol. The van der Waals surface area contributed by atoms with Gasteiger partial charge in [-0.05, 0) is 32.3 Å². The van der Waals surface area contributed by atoms with Crippen molar-refractivity contribution in [3.05, 3.63) is 35.9 Å². The van der Waals surface area contributed by atoms with E-state index in [0.717, 1.165) is 12.8 Å². The van der Waals surface area contributed by atoms with Crippen LogP contribution in [0.4, 0.5) is 0 Å². The maximum atomic E-state index is 11.6. The lowest BCUT2D eigenvalue weighted by Gasteiger charge is -2.05. The first-order valence-electron chi connectivity index (χ1n) is 6.06. The van der Waals surface area contributed by atoms with Gasteiger partial charge in [-0.25, -0.2) is 4.79 Å². The topological polar surface area (TPSA) is 38.8 Å². The van der Waals surface area contributed by atoms with E-state index in [1.807, 2.05) is 25.1 Å². The summed E-state index contributed by atoms with van der Waals surface area (Å²) in [6.45, 7) is 4.02. The number of carbonyl (C=O) groups is 1. The highest BCUT2D eigenvalue weighted by Gasteiger charge is 2.59. The fourth-order valence-corrected chi connectivity index (χ4v) is 1.99. The highest BCUT2D eigenvalue weighted by molar-refractivity contribution is 5.82. The quantitative estimate of drug-likeness (QED) is 0.580. The number of aryl methyl sites for hydroxylation is 1. The molecule has 0 radical (unpaired) electrons. The monoisotopic (exact) mass is 234 g/mol. The zero-order valence-corrected chi connectivity index (χ0v) is 10.3. The summed E-state index contributed by atoms with van der Waals surface area (Å²) < 4.78 is 10.5. The van der Waals surface area contributed by atoms with Gasteiger partial charge in [0.05, 0.1) is 12.7 Å². The van der Waals surface area contributed by atoms with Crippen LogP contribution in [0, 0.1) is 0 Å². The van der Waals surface area contributed by atoms with Gasteiger partial charge in [-0.15, -0.1) is 0 Å². The third kappa shape index (κ3) is 2.67. The van der Waals surface area contributed by atoms with Crippen LogP contribution in [0.1, 0.15) is 25.8 Å². The van der Waals surface area contributed by atoms with E-state index in [-0.39, 0.29) is 12.1 Å². The maximum absolute atomic E-state index is 11.6. The third-order valence-electron chi connectivity index (χ3n) is 3.16. The number of ether oxygens (including phenoxy) is 2. The molecule has 1 heterocycles. The van der Waals surface area contributed by atoms with Gasteiger partial charge in [0.2, 0.25) is 0 Å². The Bertz CT molecular complexity index is 388. The van der Waals surface area contributed by atoms with E-state index < -0.39 is 5.60 Å². The van der Waals surface area contributed by atoms with Crippen molar-refractivity contribution in [1.82, 2.24) is 0 Å². The lowest BCUT2D eigenvalue weighted by molar-refractivity contribution is -0.148. The van der Waals surface area contributed by atoms with E-state index >= 15 is 0 Å². The van der Waals surface area contributed by atoms with Crippen molar-refractivity contribution in [2.24, 2.45) is 0 Å². The first-order chi connectivity index (χ1) is 8.16. The van der Waals surface area contributed by atoms with E-state index in [1.54, 1.807) is 6.92 Å². The zero-order chi connectivity index (χ0) is 12.3. The fourth-order valence-electron chi connectivity index (χ4n) is 1.99. The van der Waals surface area contributed by atoms with Crippen LogP contribution in [-0.2, 0) is 20.7 Å². The summed E-state index contributed by atoms with van der Waals surface area (Å²) in [4.78, 5) is 11.6. The van der Waals surface area contributed by atoms with E-state index in [9.17, 15) is 4.79 Å². The summed E-state index contributed by atoms with van der Waals surface area (Å²) >= 11 is 0. The molecule has 3 heteroatoms. The smallest absolute Gasteiger partial charge is 0.340 e. The van der Waals surface area contributed by atoms with Crippen molar-refractivity contribution in [2.75, 3.05) is 6.61 Å². The average molecular weight is 234 g/mol. The van der Waals surface area contributed by atoms with Crippen LogP contribution in [0.3, 0.4) is 0 Å². The minimum Gasteiger partial charge on any atom is -0.464 e. The molecule has 0 saturated carbocycles. The molecule has 0 spiro atoms. The third-order valence-corrected chi connectivity index (χ3v) is 3.16. The SMILES string of the molecule is CCOC(=O)[C@]1(C)O[C@@H]1CCc1ccccc1. The highest BCUT2D eigenvalue weighted by Crippen LogP contribution is 2.40. The molecule has 0 aromatic heterocycles. The van der Waals surface area contributed by atoms with Crippen molar-refractivity contribution in [2.45, 2.75) is 38.4 Å². The molecule has 1 fully saturated rings. The van der Waals surface area contributed by atoms with Gasteiger partial charge in [0, 0.05) is 0 Å². The Hall–Kier alpha value is -1.35. The minimum absolute atomic E-state index is 0.00163. The second-order valence-corrected chi connectivity index (χ2v) is 4.46. The van der Waals surface area contributed by atoms with Gasteiger partial charge < -0.3 is 9.47 Å². The maximum Gasteiger partial charge on any atom is 0.340 e. The van der Waals surface area contributed by atoms with Crippen LogP contribution in [0.2, 0.25) is 0 Å². The fraction of sp³-hybridized carbons (Fsp3) is 0.500. The predicted octanol–water partition coefficient (Wildman–Crippen LogP) is 2.34. The van der Waals surface area contributed by atoms with Crippen LogP contribution < -0.4 is 0 Å². The molecular formula is C14H18O3. The van der Waals surface area contributed by atoms with Crippen molar-refractivity contribution in [3.8, 4) is 0 Å². The lowest BCUT2D eigenvalue weighted by atomic mass is 10.0. The first-order valence-corrected chi connectivity index (χ1v) is 6.06. The molecule has 0 amide bonds. The van der Waals surface area contributed by atoms with Crippen LogP contribution in [0.25, 0.3) is 0 Å². The van der Waals surface area contributed by atoms with Gasteiger partial charge >= 0.3 is 5.97 Å². The minimum atomic E-state index is -0.704. The van der Waals surface area contributed by atoms with Crippen LogP contribution in [0.5, 0.6) is 0 Å². The van der Waals surface area contributed by atoms with Gasteiger partial charge in [-0.3, -0.25) is 0 Å². The molecule has 92 valence electrons. The lowest BCUT2D eigenvalue weighted by Crippen LogP contribution is -2.26. The standard InChI is InChI=1S/C14H18O3/c1-3-16-13(15)14(2)12(17-14)10-9-11-7-5-4-6-8-11/h4-8,12H,3,9-10H2,1-2H3/t12-,14-/m1/s1. The Kier molecular flexibility index (Phi) is 3.48. The summed E-state index contributed by atoms with van der Waals surface area (Å²) in [5.41, 5.74) is 0.569. The number of esters is 1. The molecule has 1 saturated heterocycles. The highest BCUT2D eigenvalue weighted by atomic mass is 16.7. The summed E-state index contributed by atoms with van der Waals surface area (Å²) in [5.74, 6) is -0.238. The number of carbonyl (C=O) groups excluding carboxylic acids is 1. The van der Waals surface area contributed by atoms with Gasteiger partial charge in [-0.2, -0.15) is 0 Å². The molecule has 1 aliphatic heterocycles. The van der Waals surface area contributed by atoms with Crippen molar-refractivity contribution >= 4 is 5.97 Å². The van der Waals surface area contributed by atoms with Crippen molar-refractivity contribution in [1.29, 1.82) is 0 Å². The van der Waals surface area contributed by atoms with Crippen LogP contribution in [0.15, 0.2) is 30.3 Å². The first kappa shape index (κ1) is 12.1. The predicted molar refractivity (Wildman–Crippen MR) is 64.7 cm³/mol. The molecule has 0 aliphatic carbocycles. The average Bonchev–Trinajstić information content (AvgIpc) is 3.01. The van der Waals surface area contributed by atoms with E-state index in [0.29, 0.717) is 6.61 Å². The Balaban J connectivity index is 1.82. The number of epoxide rings is 1. The largest absolute Gasteiger partial charge is 0.464 e. The second-order valence-electron chi connectivity index (χ2n) is 4.46. The molecule has 0 bridgehead atoms. The van der Waals surface area contributed by atoms with E-state index in [1.165, 1.54) is 5.56 Å². The molecule has 0 unspecified atom stereocenters. The zero-order valence-electron chi connectivity index (χ0n) is 10.3. The number of hydrogen-bond donors (Lipinski definition) is 0. The number of hydrogen-bond acceptors (Lipinski definition) is 3. The summed E-state index contributed by atoms with van der Waals surface area (Å²) in [7, 11) is 0. The van der Waals surface area contributed by atoms with Crippen LogP contribution in [-0.4, -0.2) is 24.3 Å². The second kappa shape index (κ2) is 4.88. The van der Waals surface area contributed by atoms with Gasteiger partial charge in [0.25, 0.3) is 0 Å². The Morgan fingerprint density at radius 1 is 1.41 bits per heavy atom. The Labute approximate surface area is 102 Å². The molecule has 0 N–H and O–H groups in total. The van der Waals surface area contributed by atoms with Gasteiger partial charge in [-0.1, -0.05) is 30.3 Å². The normalized spacial score (nSPS) is 26.6. The molecule has 1 aromatic carbocycles. The van der Waals surface area contributed by atoms with Crippen molar-refractivity contribution in [3.63, 3.8) is 0 Å². The Morgan fingerprint density at radius 2 is 2.12 bits per heavy atom. The summed E-state index contributed by atoms with van der Waals surface area (Å²) in [6.07, 6.45) is 1.79.